The van der Waals surface area contributed by atoms with E-state index in [4.69, 9.17) is 0 Å². The molecule has 1 N–H and O–H groups in total. The molecule has 0 atom stereocenters. The highest BCUT2D eigenvalue weighted by molar-refractivity contribution is 7.99. The summed E-state index contributed by atoms with van der Waals surface area (Å²) in [6.07, 6.45) is 1.52. The predicted molar refractivity (Wildman–Crippen MR) is 94.8 cm³/mol. The van der Waals surface area contributed by atoms with Crippen LogP contribution in [0.3, 0.4) is 0 Å². The Morgan fingerprint density at radius 2 is 1.92 bits per heavy atom. The van der Waals surface area contributed by atoms with Crippen LogP contribution >= 0.6 is 11.8 Å². The molecule has 0 saturated heterocycles. The fourth-order valence-electron chi connectivity index (χ4n) is 2.29. The van der Waals surface area contributed by atoms with Crippen molar-refractivity contribution in [2.75, 3.05) is 11.1 Å². The molecule has 0 spiro atoms. The molecule has 3 rings (SSSR count). The van der Waals surface area contributed by atoms with Crippen LogP contribution in [0.5, 0.6) is 0 Å². The lowest BCUT2D eigenvalue weighted by Gasteiger charge is -2.09. The summed E-state index contributed by atoms with van der Waals surface area (Å²) in [6.45, 7) is 5.77. The number of benzene rings is 1. The van der Waals surface area contributed by atoms with Gasteiger partial charge in [-0.25, -0.2) is 14.6 Å². The second-order valence-electron chi connectivity index (χ2n) is 5.53. The molecular weight excluding hydrogens is 338 g/mol. The first-order chi connectivity index (χ1) is 12.0. The number of anilines is 1. The van der Waals surface area contributed by atoms with Crippen LogP contribution in [0, 0.1) is 20.8 Å². The van der Waals surface area contributed by atoms with E-state index >= 15 is 0 Å². The van der Waals surface area contributed by atoms with Gasteiger partial charge in [-0.15, -0.1) is 5.10 Å². The van der Waals surface area contributed by atoms with Crippen molar-refractivity contribution in [3.8, 4) is 5.69 Å². The number of rotatable bonds is 5. The zero-order chi connectivity index (χ0) is 17.8. The summed E-state index contributed by atoms with van der Waals surface area (Å²) < 4.78 is 1.56. The summed E-state index contributed by atoms with van der Waals surface area (Å²) in [4.78, 5) is 20.8. The fourth-order valence-corrected chi connectivity index (χ4v) is 3.04. The summed E-state index contributed by atoms with van der Waals surface area (Å²) in [6, 6.07) is 7.49. The lowest BCUT2D eigenvalue weighted by Crippen LogP contribution is -2.15. The van der Waals surface area contributed by atoms with Crippen LogP contribution in [0.2, 0.25) is 0 Å². The van der Waals surface area contributed by atoms with Gasteiger partial charge in [0.2, 0.25) is 5.91 Å². The zero-order valence-corrected chi connectivity index (χ0v) is 14.9. The van der Waals surface area contributed by atoms with Gasteiger partial charge >= 0.3 is 0 Å². The quantitative estimate of drug-likeness (QED) is 0.553. The van der Waals surface area contributed by atoms with Crippen molar-refractivity contribution in [2.45, 2.75) is 25.9 Å². The third-order valence-electron chi connectivity index (χ3n) is 3.38. The Bertz CT molecular complexity index is 875. The highest BCUT2D eigenvalue weighted by Gasteiger charge is 2.09. The van der Waals surface area contributed by atoms with E-state index in [9.17, 15) is 4.79 Å². The van der Waals surface area contributed by atoms with E-state index < -0.39 is 0 Å². The molecule has 2 heterocycles. The van der Waals surface area contributed by atoms with Gasteiger partial charge in [-0.1, -0.05) is 17.8 Å². The summed E-state index contributed by atoms with van der Waals surface area (Å²) in [5.41, 5.74) is 4.28. The minimum atomic E-state index is -0.126. The van der Waals surface area contributed by atoms with Crippen molar-refractivity contribution in [3.63, 3.8) is 0 Å². The van der Waals surface area contributed by atoms with E-state index in [0.717, 1.165) is 22.6 Å². The number of thioether (sulfide) groups is 1. The Kier molecular flexibility index (Phi) is 5.03. The Balaban J connectivity index is 1.66. The molecule has 3 aromatic rings. The van der Waals surface area contributed by atoms with Crippen molar-refractivity contribution < 1.29 is 4.79 Å². The molecule has 0 fully saturated rings. The van der Waals surface area contributed by atoms with E-state index in [2.05, 4.69) is 30.8 Å². The van der Waals surface area contributed by atoms with Crippen LogP contribution in [-0.2, 0) is 4.79 Å². The monoisotopic (exact) mass is 355 g/mol. The van der Waals surface area contributed by atoms with E-state index in [1.807, 2.05) is 45.0 Å². The minimum absolute atomic E-state index is 0.126. The van der Waals surface area contributed by atoms with Crippen LogP contribution < -0.4 is 5.32 Å². The largest absolute Gasteiger partial charge is 0.325 e. The van der Waals surface area contributed by atoms with Gasteiger partial charge in [0.05, 0.1) is 11.4 Å². The molecule has 2 aromatic heterocycles. The van der Waals surface area contributed by atoms with Crippen molar-refractivity contribution >= 4 is 23.4 Å². The fraction of sp³-hybridized carbons (Fsp3) is 0.250. The van der Waals surface area contributed by atoms with Crippen LogP contribution in [0.15, 0.2) is 35.7 Å². The predicted octanol–water partition coefficient (Wildman–Crippen LogP) is 2.11. The van der Waals surface area contributed by atoms with Crippen LogP contribution in [0.25, 0.3) is 5.69 Å². The molecule has 1 aromatic carbocycles. The molecule has 0 aliphatic carbocycles. The number of tetrazole rings is 1. The average molecular weight is 355 g/mol. The summed E-state index contributed by atoms with van der Waals surface area (Å²) in [5.74, 6) is 0.107. The van der Waals surface area contributed by atoms with E-state index in [-0.39, 0.29) is 11.7 Å². The van der Waals surface area contributed by atoms with Gasteiger partial charge in [-0.05, 0) is 55.0 Å². The highest BCUT2D eigenvalue weighted by Crippen LogP contribution is 2.19. The molecular formula is C16H17N7OS. The van der Waals surface area contributed by atoms with Crippen LogP contribution in [0.1, 0.15) is 17.0 Å². The zero-order valence-electron chi connectivity index (χ0n) is 14.1. The van der Waals surface area contributed by atoms with Gasteiger partial charge in [0.15, 0.2) is 5.16 Å². The number of nitrogens with zero attached hydrogens (tertiary/aromatic N) is 6. The van der Waals surface area contributed by atoms with Gasteiger partial charge in [0, 0.05) is 17.1 Å². The molecule has 9 heteroatoms. The maximum atomic E-state index is 12.2. The molecule has 1 amide bonds. The normalized spacial score (nSPS) is 10.7. The first kappa shape index (κ1) is 17.0. The molecule has 8 nitrogen and oxygen atoms in total. The van der Waals surface area contributed by atoms with Crippen LogP contribution in [-0.4, -0.2) is 41.8 Å². The number of aryl methyl sites for hydroxylation is 3. The third kappa shape index (κ3) is 4.38. The molecule has 25 heavy (non-hydrogen) atoms. The Labute approximate surface area is 149 Å². The van der Waals surface area contributed by atoms with Gasteiger partial charge < -0.3 is 5.32 Å². The smallest absolute Gasteiger partial charge is 0.234 e. The standard InChI is InChI=1S/C16H17N7OS/c1-10-4-5-13(7-14(10)23-9-17-21-22-23)20-15(24)8-25-16-18-11(2)6-12(3)19-16/h4-7,9H,8H2,1-3H3,(H,20,24). The Morgan fingerprint density at radius 1 is 1.16 bits per heavy atom. The number of hydrogen-bond acceptors (Lipinski definition) is 7. The number of nitrogens with one attached hydrogen (secondary N) is 1. The molecule has 0 aliphatic rings. The molecule has 128 valence electrons. The van der Waals surface area contributed by atoms with Crippen molar-refractivity contribution in [1.82, 2.24) is 30.2 Å². The molecule has 0 aliphatic heterocycles. The van der Waals surface area contributed by atoms with Crippen molar-refractivity contribution in [1.29, 1.82) is 0 Å². The van der Waals surface area contributed by atoms with Crippen molar-refractivity contribution in [3.05, 3.63) is 47.5 Å². The van der Waals surface area contributed by atoms with Gasteiger partial charge in [-0.3, -0.25) is 4.79 Å². The lowest BCUT2D eigenvalue weighted by atomic mass is 10.2. The summed E-state index contributed by atoms with van der Waals surface area (Å²) in [5, 5.41) is 14.6. The average Bonchev–Trinajstić information content (AvgIpc) is 3.08. The van der Waals surface area contributed by atoms with Crippen LogP contribution in [0.4, 0.5) is 5.69 Å². The maximum absolute atomic E-state index is 12.2. The minimum Gasteiger partial charge on any atom is -0.325 e. The van der Waals surface area contributed by atoms with Crippen molar-refractivity contribution in [2.24, 2.45) is 0 Å². The van der Waals surface area contributed by atoms with Gasteiger partial charge in [0.25, 0.3) is 0 Å². The van der Waals surface area contributed by atoms with E-state index in [0.29, 0.717) is 10.8 Å². The summed E-state index contributed by atoms with van der Waals surface area (Å²) in [7, 11) is 0. The first-order valence-corrected chi connectivity index (χ1v) is 8.59. The highest BCUT2D eigenvalue weighted by atomic mass is 32.2. The number of carbonyl (C=O) groups excluding carboxylic acids is 1. The molecule has 0 saturated carbocycles. The lowest BCUT2D eigenvalue weighted by molar-refractivity contribution is -0.113. The Morgan fingerprint density at radius 3 is 2.60 bits per heavy atom. The topological polar surface area (TPSA) is 98.5 Å². The second-order valence-corrected chi connectivity index (χ2v) is 6.47. The van der Waals surface area contributed by atoms with E-state index in [1.165, 1.54) is 18.1 Å². The molecule has 0 bridgehead atoms. The summed E-state index contributed by atoms with van der Waals surface area (Å²) >= 11 is 1.31. The third-order valence-corrected chi connectivity index (χ3v) is 4.23. The Hall–Kier alpha value is -2.81. The van der Waals surface area contributed by atoms with E-state index in [1.54, 1.807) is 4.68 Å². The van der Waals surface area contributed by atoms with Gasteiger partial charge in [-0.2, -0.15) is 0 Å². The molecule has 0 unspecified atom stereocenters. The SMILES string of the molecule is Cc1cc(C)nc(SCC(=O)Nc2ccc(C)c(-n3cnnn3)c2)n1. The number of carbonyl (C=O) groups is 1. The van der Waals surface area contributed by atoms with Gasteiger partial charge in [0.1, 0.15) is 6.33 Å². The number of amides is 1. The maximum Gasteiger partial charge on any atom is 0.234 e. The molecule has 0 radical (unpaired) electrons. The second kappa shape index (κ2) is 7.39. The number of hydrogen-bond donors (Lipinski definition) is 1. The first-order valence-electron chi connectivity index (χ1n) is 7.60. The number of aromatic nitrogens is 6.